The van der Waals surface area contributed by atoms with E-state index in [4.69, 9.17) is 15.1 Å². The van der Waals surface area contributed by atoms with Crippen LogP contribution < -0.4 is 5.32 Å². The number of amides is 1. The number of hydrogen-bond donors (Lipinski definition) is 2. The Bertz CT molecular complexity index is 522. The Labute approximate surface area is 117 Å². The minimum absolute atomic E-state index is 0.0525. The van der Waals surface area contributed by atoms with Crippen molar-refractivity contribution in [1.82, 2.24) is 5.32 Å². The van der Waals surface area contributed by atoms with Crippen LogP contribution in [0.25, 0.3) is 0 Å². The lowest BCUT2D eigenvalue weighted by Crippen LogP contribution is -2.44. The van der Waals surface area contributed by atoms with Crippen LogP contribution in [0.15, 0.2) is 24.3 Å². The molecule has 6 heteroatoms. The van der Waals surface area contributed by atoms with Crippen LogP contribution in [0.1, 0.15) is 18.1 Å². The van der Waals surface area contributed by atoms with Crippen LogP contribution in [-0.4, -0.2) is 36.2 Å². The van der Waals surface area contributed by atoms with Gasteiger partial charge in [0.25, 0.3) is 0 Å². The van der Waals surface area contributed by atoms with Crippen molar-refractivity contribution in [3.8, 4) is 6.07 Å². The Kier molecular flexibility index (Phi) is 6.20. The third-order valence-corrected chi connectivity index (χ3v) is 2.63. The summed E-state index contributed by atoms with van der Waals surface area (Å²) in [6, 6.07) is 7.61. The molecular weight excluding hydrogens is 260 g/mol. The van der Waals surface area contributed by atoms with Crippen molar-refractivity contribution in [2.45, 2.75) is 19.4 Å². The van der Waals surface area contributed by atoms with Gasteiger partial charge in [-0.25, -0.2) is 4.79 Å². The molecule has 0 unspecified atom stereocenters. The van der Waals surface area contributed by atoms with Crippen molar-refractivity contribution in [2.24, 2.45) is 0 Å². The lowest BCUT2D eigenvalue weighted by atomic mass is 10.0. The van der Waals surface area contributed by atoms with Gasteiger partial charge in [0.15, 0.2) is 0 Å². The Morgan fingerprint density at radius 2 is 2.15 bits per heavy atom. The van der Waals surface area contributed by atoms with Crippen molar-refractivity contribution in [3.05, 3.63) is 35.4 Å². The van der Waals surface area contributed by atoms with Gasteiger partial charge in [-0.1, -0.05) is 18.2 Å². The van der Waals surface area contributed by atoms with Crippen LogP contribution in [0.4, 0.5) is 0 Å². The van der Waals surface area contributed by atoms with E-state index in [1.165, 1.54) is 0 Å². The van der Waals surface area contributed by atoms with Gasteiger partial charge in [-0.15, -0.1) is 0 Å². The van der Waals surface area contributed by atoms with Crippen molar-refractivity contribution in [1.29, 1.82) is 5.26 Å². The van der Waals surface area contributed by atoms with Gasteiger partial charge >= 0.3 is 5.97 Å². The maximum absolute atomic E-state index is 11.5. The SMILES string of the molecule is CCOCC(=O)N[C@H](Cc1ccccc1C#N)C(=O)O. The number of carboxylic acid groups (broad SMARTS) is 1. The Morgan fingerprint density at radius 1 is 1.45 bits per heavy atom. The van der Waals surface area contributed by atoms with Crippen LogP contribution in [-0.2, 0) is 20.7 Å². The van der Waals surface area contributed by atoms with Gasteiger partial charge < -0.3 is 15.2 Å². The van der Waals surface area contributed by atoms with E-state index in [0.717, 1.165) is 0 Å². The minimum atomic E-state index is -1.15. The molecule has 1 aromatic rings. The molecule has 0 aromatic heterocycles. The van der Waals surface area contributed by atoms with E-state index in [-0.39, 0.29) is 13.0 Å². The summed E-state index contributed by atoms with van der Waals surface area (Å²) >= 11 is 0. The second kappa shape index (κ2) is 7.92. The topological polar surface area (TPSA) is 99.4 Å². The number of nitrogens with zero attached hydrogens (tertiary/aromatic N) is 1. The van der Waals surface area contributed by atoms with Gasteiger partial charge in [-0.2, -0.15) is 5.26 Å². The molecule has 0 spiro atoms. The van der Waals surface area contributed by atoms with Gasteiger partial charge in [0.2, 0.25) is 5.91 Å². The minimum Gasteiger partial charge on any atom is -0.480 e. The Morgan fingerprint density at radius 3 is 2.75 bits per heavy atom. The molecule has 106 valence electrons. The molecule has 0 fully saturated rings. The number of benzene rings is 1. The van der Waals surface area contributed by atoms with Gasteiger partial charge in [0.05, 0.1) is 11.6 Å². The molecular formula is C14H16N2O4. The summed E-state index contributed by atoms with van der Waals surface area (Å²) in [5.41, 5.74) is 0.983. The zero-order valence-electron chi connectivity index (χ0n) is 11.1. The van der Waals surface area contributed by atoms with Crippen molar-refractivity contribution in [2.75, 3.05) is 13.2 Å². The fourth-order valence-corrected chi connectivity index (χ4v) is 1.66. The zero-order chi connectivity index (χ0) is 15.0. The number of rotatable bonds is 7. The summed E-state index contributed by atoms with van der Waals surface area (Å²) in [6.45, 7) is 1.94. The molecule has 1 rings (SSSR count). The van der Waals surface area contributed by atoms with Crippen LogP contribution in [0.2, 0.25) is 0 Å². The number of carbonyl (C=O) groups excluding carboxylic acids is 1. The quantitative estimate of drug-likeness (QED) is 0.764. The molecule has 0 heterocycles. The fourth-order valence-electron chi connectivity index (χ4n) is 1.66. The molecule has 0 aliphatic carbocycles. The summed E-state index contributed by atoms with van der Waals surface area (Å²) in [6.07, 6.45) is 0.0525. The number of carbonyl (C=O) groups is 2. The highest BCUT2D eigenvalue weighted by molar-refractivity contribution is 5.84. The van der Waals surface area contributed by atoms with E-state index in [2.05, 4.69) is 5.32 Å². The molecule has 20 heavy (non-hydrogen) atoms. The average Bonchev–Trinajstić information content (AvgIpc) is 2.44. The third-order valence-electron chi connectivity index (χ3n) is 2.63. The van der Waals surface area contributed by atoms with Crippen LogP contribution in [0, 0.1) is 11.3 Å². The lowest BCUT2D eigenvalue weighted by Gasteiger charge is -2.15. The van der Waals surface area contributed by atoms with Crippen LogP contribution >= 0.6 is 0 Å². The molecule has 2 N–H and O–H groups in total. The van der Waals surface area contributed by atoms with Gasteiger partial charge in [0, 0.05) is 13.0 Å². The first-order valence-corrected chi connectivity index (χ1v) is 6.16. The maximum Gasteiger partial charge on any atom is 0.326 e. The lowest BCUT2D eigenvalue weighted by molar-refractivity contribution is -0.142. The molecule has 1 aromatic carbocycles. The second-order valence-corrected chi connectivity index (χ2v) is 4.07. The maximum atomic E-state index is 11.5. The van der Waals surface area contributed by atoms with E-state index in [9.17, 15) is 9.59 Å². The molecule has 0 saturated carbocycles. The summed E-state index contributed by atoms with van der Waals surface area (Å²) in [5, 5.41) is 20.5. The summed E-state index contributed by atoms with van der Waals surface area (Å²) in [5.74, 6) is -1.64. The largest absolute Gasteiger partial charge is 0.480 e. The first-order valence-electron chi connectivity index (χ1n) is 6.16. The van der Waals surface area contributed by atoms with Gasteiger partial charge in [-0.05, 0) is 18.6 Å². The molecule has 6 nitrogen and oxygen atoms in total. The Balaban J connectivity index is 2.75. The smallest absolute Gasteiger partial charge is 0.326 e. The normalized spacial score (nSPS) is 11.4. The predicted molar refractivity (Wildman–Crippen MR) is 70.9 cm³/mol. The van der Waals surface area contributed by atoms with Crippen LogP contribution in [0.3, 0.4) is 0 Å². The number of aliphatic carboxylic acids is 1. The number of nitriles is 1. The van der Waals surface area contributed by atoms with Crippen molar-refractivity contribution in [3.63, 3.8) is 0 Å². The second-order valence-electron chi connectivity index (χ2n) is 4.07. The highest BCUT2D eigenvalue weighted by Gasteiger charge is 2.21. The summed E-state index contributed by atoms with van der Waals surface area (Å²) in [4.78, 5) is 22.7. The van der Waals surface area contributed by atoms with E-state index >= 15 is 0 Å². The number of nitrogens with one attached hydrogen (secondary N) is 1. The van der Waals surface area contributed by atoms with E-state index in [1.54, 1.807) is 31.2 Å². The molecule has 0 aliphatic heterocycles. The molecule has 1 atom stereocenters. The zero-order valence-corrected chi connectivity index (χ0v) is 11.1. The van der Waals surface area contributed by atoms with E-state index in [1.807, 2.05) is 6.07 Å². The van der Waals surface area contributed by atoms with E-state index in [0.29, 0.717) is 17.7 Å². The molecule has 0 saturated heterocycles. The molecule has 0 bridgehead atoms. The monoisotopic (exact) mass is 276 g/mol. The highest BCUT2D eigenvalue weighted by Crippen LogP contribution is 2.10. The van der Waals surface area contributed by atoms with Gasteiger partial charge in [-0.3, -0.25) is 4.79 Å². The number of hydrogen-bond acceptors (Lipinski definition) is 4. The molecule has 0 aliphatic rings. The first-order chi connectivity index (χ1) is 9.58. The molecule has 0 radical (unpaired) electrons. The van der Waals surface area contributed by atoms with Crippen molar-refractivity contribution >= 4 is 11.9 Å². The third kappa shape index (κ3) is 4.71. The van der Waals surface area contributed by atoms with Crippen molar-refractivity contribution < 1.29 is 19.4 Å². The van der Waals surface area contributed by atoms with E-state index < -0.39 is 17.9 Å². The number of carboxylic acids is 1. The van der Waals surface area contributed by atoms with Gasteiger partial charge in [0.1, 0.15) is 12.6 Å². The molecule has 1 amide bonds. The number of ether oxygens (including phenoxy) is 1. The highest BCUT2D eigenvalue weighted by atomic mass is 16.5. The first kappa shape index (κ1) is 15.7. The van der Waals surface area contributed by atoms with Crippen LogP contribution in [0.5, 0.6) is 0 Å². The average molecular weight is 276 g/mol. The standard InChI is InChI=1S/C14H16N2O4/c1-2-20-9-13(17)16-12(14(18)19)7-10-5-3-4-6-11(10)8-15/h3-6,12H,2,7,9H2,1H3,(H,16,17)(H,18,19)/t12-/m1/s1. The summed E-state index contributed by atoms with van der Waals surface area (Å²) in [7, 11) is 0. The summed E-state index contributed by atoms with van der Waals surface area (Å²) < 4.78 is 4.91. The Hall–Kier alpha value is -2.39. The fraction of sp³-hybridized carbons (Fsp3) is 0.357. The predicted octanol–water partition coefficient (Wildman–Crippen LogP) is 0.707.